The Morgan fingerprint density at radius 3 is 2.37 bits per heavy atom. The van der Waals surface area contributed by atoms with Gasteiger partial charge in [0.05, 0.1) is 27.9 Å². The summed E-state index contributed by atoms with van der Waals surface area (Å²) in [7, 11) is 6.26. The van der Waals surface area contributed by atoms with E-state index in [9.17, 15) is 9.59 Å². The van der Waals surface area contributed by atoms with Gasteiger partial charge >= 0.3 is 6.03 Å². The van der Waals surface area contributed by atoms with Gasteiger partial charge in [0.25, 0.3) is 0 Å². The number of hydrogen-bond acceptors (Lipinski definition) is 6. The van der Waals surface area contributed by atoms with Crippen LogP contribution in [0.3, 0.4) is 0 Å². The number of amides is 3. The molecule has 1 aliphatic heterocycles. The summed E-state index contributed by atoms with van der Waals surface area (Å²) in [5, 5.41) is 2.86. The zero-order valence-corrected chi connectivity index (χ0v) is 22.2. The molecule has 3 aromatic rings. The van der Waals surface area contributed by atoms with Crippen molar-refractivity contribution in [3.8, 4) is 17.2 Å². The second-order valence-corrected chi connectivity index (χ2v) is 8.80. The van der Waals surface area contributed by atoms with E-state index >= 15 is 0 Å². The Hall–Kier alpha value is -4.18. The predicted molar refractivity (Wildman–Crippen MR) is 143 cm³/mol. The number of nitrogens with zero attached hydrogens (tertiary/aromatic N) is 3. The smallest absolute Gasteiger partial charge is 0.322 e. The lowest BCUT2D eigenvalue weighted by atomic mass is 9.98. The van der Waals surface area contributed by atoms with Crippen LogP contribution in [0, 0.1) is 0 Å². The molecule has 1 unspecified atom stereocenters. The highest BCUT2D eigenvalue weighted by Gasteiger charge is 2.35. The van der Waals surface area contributed by atoms with Crippen molar-refractivity contribution in [3.05, 3.63) is 72.1 Å². The fraction of sp³-hybridized carbons (Fsp3) is 0.357. The molecule has 202 valence electrons. The van der Waals surface area contributed by atoms with Gasteiger partial charge in [-0.3, -0.25) is 4.79 Å². The zero-order valence-electron chi connectivity index (χ0n) is 22.2. The summed E-state index contributed by atoms with van der Waals surface area (Å²) in [6.45, 7) is 1.55. The Morgan fingerprint density at radius 1 is 0.947 bits per heavy atom. The molecule has 0 bridgehead atoms. The number of methoxy groups -OCH3 is 4. The second-order valence-electron chi connectivity index (χ2n) is 8.80. The van der Waals surface area contributed by atoms with E-state index in [2.05, 4.69) is 9.88 Å². The fourth-order valence-electron chi connectivity index (χ4n) is 4.66. The first kappa shape index (κ1) is 26.9. The minimum atomic E-state index is -0.431. The van der Waals surface area contributed by atoms with E-state index in [-0.39, 0.29) is 31.6 Å². The van der Waals surface area contributed by atoms with Crippen LogP contribution in [0.5, 0.6) is 17.2 Å². The van der Waals surface area contributed by atoms with Gasteiger partial charge < -0.3 is 38.6 Å². The number of para-hydroxylation sites is 1. The maximum absolute atomic E-state index is 13.8. The number of carbonyl (C=O) groups is 2. The van der Waals surface area contributed by atoms with Crippen LogP contribution in [0.15, 0.2) is 60.8 Å². The number of ether oxygens (including phenoxy) is 4. The molecular weight excluding hydrogens is 488 g/mol. The highest BCUT2D eigenvalue weighted by molar-refractivity contribution is 5.93. The van der Waals surface area contributed by atoms with Crippen LogP contribution >= 0.6 is 0 Å². The van der Waals surface area contributed by atoms with Crippen LogP contribution < -0.4 is 19.5 Å². The molecule has 2 aromatic carbocycles. The Balaban J connectivity index is 1.59. The first-order valence-electron chi connectivity index (χ1n) is 12.3. The van der Waals surface area contributed by atoms with Crippen molar-refractivity contribution in [2.45, 2.75) is 12.6 Å². The van der Waals surface area contributed by atoms with E-state index in [1.54, 1.807) is 32.4 Å². The number of carbonyl (C=O) groups excluding carboxylic acids is 2. The van der Waals surface area contributed by atoms with Gasteiger partial charge in [-0.1, -0.05) is 18.2 Å². The quantitative estimate of drug-likeness (QED) is 0.437. The van der Waals surface area contributed by atoms with Gasteiger partial charge in [-0.25, -0.2) is 4.79 Å². The van der Waals surface area contributed by atoms with Crippen LogP contribution in [-0.4, -0.2) is 81.0 Å². The molecule has 0 aliphatic carbocycles. The second kappa shape index (κ2) is 12.4. The molecule has 3 amide bonds. The summed E-state index contributed by atoms with van der Waals surface area (Å²) in [5.41, 5.74) is 2.37. The van der Waals surface area contributed by atoms with E-state index in [1.165, 1.54) is 19.1 Å². The Labute approximate surface area is 222 Å². The number of hydrogen-bond donors (Lipinski definition) is 1. The fourth-order valence-corrected chi connectivity index (χ4v) is 4.66. The zero-order chi connectivity index (χ0) is 27.1. The summed E-state index contributed by atoms with van der Waals surface area (Å²) in [4.78, 5) is 30.4. The highest BCUT2D eigenvalue weighted by Crippen LogP contribution is 2.37. The summed E-state index contributed by atoms with van der Waals surface area (Å²) >= 11 is 0. The molecule has 10 heteroatoms. The highest BCUT2D eigenvalue weighted by atomic mass is 16.5. The molecule has 4 rings (SSSR count). The van der Waals surface area contributed by atoms with Crippen molar-refractivity contribution in [2.75, 3.05) is 60.0 Å². The third kappa shape index (κ3) is 5.86. The summed E-state index contributed by atoms with van der Waals surface area (Å²) in [6, 6.07) is 16.0. The summed E-state index contributed by atoms with van der Waals surface area (Å²) in [5.74, 6) is 1.60. The van der Waals surface area contributed by atoms with Crippen molar-refractivity contribution >= 4 is 17.6 Å². The Morgan fingerprint density at radius 2 is 1.68 bits per heavy atom. The molecule has 0 saturated carbocycles. The summed E-state index contributed by atoms with van der Waals surface area (Å²) < 4.78 is 23.6. The van der Waals surface area contributed by atoms with Gasteiger partial charge in [0.1, 0.15) is 29.8 Å². The SMILES string of the molecule is COCCN(CC(=O)N1CCn2cccc2C1c1ccccc1OC)C(=O)Nc1cc(OC)cc(OC)c1. The van der Waals surface area contributed by atoms with Crippen LogP contribution in [0.1, 0.15) is 17.3 Å². The molecule has 1 aliphatic rings. The van der Waals surface area contributed by atoms with Gasteiger partial charge in [0.15, 0.2) is 0 Å². The summed E-state index contributed by atoms with van der Waals surface area (Å²) in [6.07, 6.45) is 2.01. The lowest BCUT2D eigenvalue weighted by molar-refractivity contribution is -0.134. The van der Waals surface area contributed by atoms with E-state index in [0.29, 0.717) is 36.0 Å². The van der Waals surface area contributed by atoms with Gasteiger partial charge in [-0.2, -0.15) is 0 Å². The van der Waals surface area contributed by atoms with Crippen molar-refractivity contribution in [3.63, 3.8) is 0 Å². The molecule has 38 heavy (non-hydrogen) atoms. The minimum Gasteiger partial charge on any atom is -0.497 e. The molecule has 1 aromatic heterocycles. The van der Waals surface area contributed by atoms with Crippen molar-refractivity contribution in [1.82, 2.24) is 14.4 Å². The Bertz CT molecular complexity index is 1240. The van der Waals surface area contributed by atoms with E-state index in [0.717, 1.165) is 11.3 Å². The first-order valence-corrected chi connectivity index (χ1v) is 12.3. The molecule has 0 saturated heterocycles. The van der Waals surface area contributed by atoms with E-state index < -0.39 is 6.03 Å². The van der Waals surface area contributed by atoms with E-state index in [4.69, 9.17) is 18.9 Å². The van der Waals surface area contributed by atoms with E-state index in [1.807, 2.05) is 47.5 Å². The maximum Gasteiger partial charge on any atom is 0.322 e. The molecule has 10 nitrogen and oxygen atoms in total. The minimum absolute atomic E-state index is 0.122. The first-order chi connectivity index (χ1) is 18.5. The number of benzene rings is 2. The lowest BCUT2D eigenvalue weighted by Gasteiger charge is -2.38. The maximum atomic E-state index is 13.8. The normalized spacial score (nSPS) is 14.4. The van der Waals surface area contributed by atoms with Gasteiger partial charge in [-0.15, -0.1) is 0 Å². The third-order valence-corrected chi connectivity index (χ3v) is 6.57. The van der Waals surface area contributed by atoms with Crippen LogP contribution in [-0.2, 0) is 16.1 Å². The van der Waals surface area contributed by atoms with Gasteiger partial charge in [0, 0.05) is 68.1 Å². The predicted octanol–water partition coefficient (Wildman–Crippen LogP) is 3.63. The molecule has 0 radical (unpaired) electrons. The lowest BCUT2D eigenvalue weighted by Crippen LogP contribution is -2.49. The van der Waals surface area contributed by atoms with Gasteiger partial charge in [0.2, 0.25) is 5.91 Å². The number of aromatic nitrogens is 1. The average molecular weight is 523 g/mol. The third-order valence-electron chi connectivity index (χ3n) is 6.57. The van der Waals surface area contributed by atoms with Crippen LogP contribution in [0.4, 0.5) is 10.5 Å². The molecule has 0 fully saturated rings. The Kier molecular flexibility index (Phi) is 8.75. The standard InChI is InChI=1S/C28H34N4O6/c1-35-15-14-31(28(34)29-20-16-21(36-2)18-22(17-20)37-3)19-26(33)32-13-12-30-11-7-9-24(30)27(32)23-8-5-6-10-25(23)38-4/h5-11,16-18,27H,12-15,19H2,1-4H3,(H,29,34). The number of anilines is 1. The van der Waals surface area contributed by atoms with Crippen molar-refractivity contribution < 1.29 is 28.5 Å². The molecule has 0 spiro atoms. The number of fused-ring (bicyclic) bond motifs is 1. The number of urea groups is 1. The largest absolute Gasteiger partial charge is 0.497 e. The van der Waals surface area contributed by atoms with Gasteiger partial charge in [-0.05, 0) is 18.2 Å². The molecule has 2 heterocycles. The molecule has 1 N–H and O–H groups in total. The molecule has 1 atom stereocenters. The topological polar surface area (TPSA) is 94.5 Å². The monoisotopic (exact) mass is 522 g/mol. The van der Waals surface area contributed by atoms with Crippen molar-refractivity contribution in [2.24, 2.45) is 0 Å². The van der Waals surface area contributed by atoms with Crippen LogP contribution in [0.25, 0.3) is 0 Å². The average Bonchev–Trinajstić information content (AvgIpc) is 3.43. The molecular formula is C28H34N4O6. The number of rotatable bonds is 10. The van der Waals surface area contributed by atoms with Crippen LogP contribution in [0.2, 0.25) is 0 Å². The van der Waals surface area contributed by atoms with Crippen molar-refractivity contribution in [1.29, 1.82) is 0 Å². The number of nitrogens with one attached hydrogen (secondary N) is 1.